The summed E-state index contributed by atoms with van der Waals surface area (Å²) in [5.41, 5.74) is 1.86. The Morgan fingerprint density at radius 2 is 2.33 bits per heavy atom. The van der Waals surface area contributed by atoms with E-state index in [1.165, 1.54) is 0 Å². The van der Waals surface area contributed by atoms with Gasteiger partial charge >= 0.3 is 0 Å². The maximum Gasteiger partial charge on any atom is 0.229 e. The third-order valence-corrected chi connectivity index (χ3v) is 3.12. The summed E-state index contributed by atoms with van der Waals surface area (Å²) in [5, 5.41) is 17.2. The number of aryl methyl sites for hydroxylation is 2. The monoisotopic (exact) mass is 247 g/mol. The third-order valence-electron chi connectivity index (χ3n) is 3.12. The largest absolute Gasteiger partial charge is 0.360 e. The number of H-pyrrole nitrogens is 1. The summed E-state index contributed by atoms with van der Waals surface area (Å²) in [6, 6.07) is 1.70. The van der Waals surface area contributed by atoms with Gasteiger partial charge in [-0.15, -0.1) is 0 Å². The van der Waals surface area contributed by atoms with Gasteiger partial charge in [0.1, 0.15) is 5.76 Å². The van der Waals surface area contributed by atoms with Crippen LogP contribution in [0.3, 0.4) is 0 Å². The second-order valence-corrected chi connectivity index (χ2v) is 4.47. The number of anilines is 1. The molecule has 1 amide bonds. The van der Waals surface area contributed by atoms with E-state index in [0.717, 1.165) is 24.2 Å². The van der Waals surface area contributed by atoms with Crippen LogP contribution >= 0.6 is 0 Å². The third kappa shape index (κ3) is 1.99. The van der Waals surface area contributed by atoms with Gasteiger partial charge in [-0.05, 0) is 19.8 Å². The number of aromatic amines is 1. The molecule has 0 spiro atoms. The summed E-state index contributed by atoms with van der Waals surface area (Å²) >= 11 is 0. The Kier molecular flexibility index (Phi) is 2.58. The molecule has 0 bridgehead atoms. The Bertz CT molecular complexity index is 574. The van der Waals surface area contributed by atoms with Crippen LogP contribution in [-0.4, -0.2) is 26.5 Å². The molecule has 0 saturated carbocycles. The number of hydrogen-bond donors (Lipinski definition) is 2. The number of carbonyl (C=O) groups excluding carboxylic acids is 1. The lowest BCUT2D eigenvalue weighted by Gasteiger charge is -2.18. The fraction of sp³-hybridized carbons (Fsp3) is 0.455. The van der Waals surface area contributed by atoms with Crippen molar-refractivity contribution in [3.8, 4) is 0 Å². The number of hydrogen-bond acceptors (Lipinski definition) is 5. The van der Waals surface area contributed by atoms with E-state index >= 15 is 0 Å². The first-order valence-electron chi connectivity index (χ1n) is 5.85. The smallest absolute Gasteiger partial charge is 0.229 e. The van der Waals surface area contributed by atoms with E-state index in [4.69, 9.17) is 4.52 Å². The molecule has 1 unspecified atom stereocenters. The molecule has 2 aromatic rings. The molecule has 0 aromatic carbocycles. The molecule has 1 aliphatic rings. The molecule has 0 fully saturated rings. The highest BCUT2D eigenvalue weighted by Gasteiger charge is 2.27. The van der Waals surface area contributed by atoms with Crippen LogP contribution < -0.4 is 5.32 Å². The maximum absolute atomic E-state index is 12.1. The zero-order valence-corrected chi connectivity index (χ0v) is 9.93. The van der Waals surface area contributed by atoms with E-state index < -0.39 is 0 Å². The fourth-order valence-corrected chi connectivity index (χ4v) is 2.16. The molecule has 18 heavy (non-hydrogen) atoms. The molecule has 3 rings (SSSR count). The quantitative estimate of drug-likeness (QED) is 0.819. The van der Waals surface area contributed by atoms with Crippen molar-refractivity contribution >= 4 is 11.7 Å². The Hall–Kier alpha value is -2.18. The van der Waals surface area contributed by atoms with Gasteiger partial charge in [0.2, 0.25) is 5.91 Å². The highest BCUT2D eigenvalue weighted by molar-refractivity contribution is 5.91. The van der Waals surface area contributed by atoms with Crippen molar-refractivity contribution in [2.45, 2.75) is 26.2 Å². The number of nitrogens with one attached hydrogen (secondary N) is 2. The Morgan fingerprint density at radius 1 is 1.50 bits per heavy atom. The summed E-state index contributed by atoms with van der Waals surface area (Å²) < 4.78 is 4.90. The molecule has 1 aliphatic carbocycles. The van der Waals surface area contributed by atoms with Crippen molar-refractivity contribution in [1.82, 2.24) is 20.6 Å². The van der Waals surface area contributed by atoms with Crippen LogP contribution in [0.25, 0.3) is 0 Å². The van der Waals surface area contributed by atoms with Crippen LogP contribution in [0, 0.1) is 12.8 Å². The molecule has 7 nitrogen and oxygen atoms in total. The summed E-state index contributed by atoms with van der Waals surface area (Å²) in [5.74, 6) is 1.01. The second-order valence-electron chi connectivity index (χ2n) is 4.47. The van der Waals surface area contributed by atoms with E-state index in [-0.39, 0.29) is 11.8 Å². The standard InChI is InChI=1S/C11H13N5O2/c1-6-4-10(15-18-6)12-11(17)7-2-3-8-9(5-7)14-16-13-8/h4,7H,2-3,5H2,1H3,(H,12,15,17)(H,13,14,16). The van der Waals surface area contributed by atoms with Crippen molar-refractivity contribution in [1.29, 1.82) is 0 Å². The van der Waals surface area contributed by atoms with Crippen LogP contribution in [0.5, 0.6) is 0 Å². The molecule has 2 N–H and O–H groups in total. The van der Waals surface area contributed by atoms with Crippen LogP contribution in [0.1, 0.15) is 23.6 Å². The molecule has 2 heterocycles. The van der Waals surface area contributed by atoms with E-state index in [2.05, 4.69) is 25.9 Å². The van der Waals surface area contributed by atoms with E-state index in [0.29, 0.717) is 18.0 Å². The summed E-state index contributed by atoms with van der Waals surface area (Å²) in [6.45, 7) is 1.78. The zero-order chi connectivity index (χ0) is 12.5. The van der Waals surface area contributed by atoms with Gasteiger partial charge in [-0.25, -0.2) is 0 Å². The molecular formula is C11H13N5O2. The molecule has 94 valence electrons. The highest BCUT2D eigenvalue weighted by atomic mass is 16.5. The number of carbonyl (C=O) groups is 1. The van der Waals surface area contributed by atoms with Gasteiger partial charge in [-0.2, -0.15) is 15.4 Å². The molecule has 0 radical (unpaired) electrons. The minimum Gasteiger partial charge on any atom is -0.360 e. The number of rotatable bonds is 2. The predicted octanol–water partition coefficient (Wildman–Crippen LogP) is 0.845. The average Bonchev–Trinajstić information content (AvgIpc) is 2.96. The van der Waals surface area contributed by atoms with Crippen molar-refractivity contribution in [2.24, 2.45) is 5.92 Å². The summed E-state index contributed by atoms with van der Waals surface area (Å²) in [6.07, 6.45) is 2.18. The summed E-state index contributed by atoms with van der Waals surface area (Å²) in [4.78, 5) is 12.1. The average molecular weight is 247 g/mol. The second kappa shape index (κ2) is 4.25. The zero-order valence-electron chi connectivity index (χ0n) is 9.93. The van der Waals surface area contributed by atoms with Gasteiger partial charge in [-0.1, -0.05) is 5.16 Å². The molecule has 7 heteroatoms. The number of fused-ring (bicyclic) bond motifs is 1. The molecule has 2 aromatic heterocycles. The first-order valence-corrected chi connectivity index (χ1v) is 5.85. The van der Waals surface area contributed by atoms with Gasteiger partial charge in [0.25, 0.3) is 0 Å². The van der Waals surface area contributed by atoms with Crippen molar-refractivity contribution in [3.63, 3.8) is 0 Å². The number of aromatic nitrogens is 4. The topological polar surface area (TPSA) is 96.7 Å². The molecule has 1 atom stereocenters. The van der Waals surface area contributed by atoms with E-state index in [1.807, 2.05) is 0 Å². The highest BCUT2D eigenvalue weighted by Crippen LogP contribution is 2.23. The van der Waals surface area contributed by atoms with Gasteiger partial charge < -0.3 is 9.84 Å². The summed E-state index contributed by atoms with van der Waals surface area (Å²) in [7, 11) is 0. The molecule has 0 saturated heterocycles. The first-order chi connectivity index (χ1) is 8.72. The van der Waals surface area contributed by atoms with Crippen LogP contribution in [0.4, 0.5) is 5.82 Å². The van der Waals surface area contributed by atoms with Crippen LogP contribution in [0.15, 0.2) is 10.6 Å². The lowest BCUT2D eigenvalue weighted by atomic mass is 9.89. The van der Waals surface area contributed by atoms with Gasteiger partial charge in [0.05, 0.1) is 11.4 Å². The lowest BCUT2D eigenvalue weighted by molar-refractivity contribution is -0.120. The van der Waals surface area contributed by atoms with E-state index in [9.17, 15) is 4.79 Å². The minimum atomic E-state index is -0.0837. The van der Waals surface area contributed by atoms with E-state index in [1.54, 1.807) is 13.0 Å². The van der Waals surface area contributed by atoms with Crippen molar-refractivity contribution in [3.05, 3.63) is 23.2 Å². The molecule has 0 aliphatic heterocycles. The van der Waals surface area contributed by atoms with Crippen LogP contribution in [0.2, 0.25) is 0 Å². The SMILES string of the molecule is Cc1cc(NC(=O)C2CCc3n[nH]nc3C2)no1. The van der Waals surface area contributed by atoms with Crippen LogP contribution in [-0.2, 0) is 17.6 Å². The Labute approximate surface area is 103 Å². The van der Waals surface area contributed by atoms with Gasteiger partial charge in [-0.3, -0.25) is 4.79 Å². The maximum atomic E-state index is 12.1. The Morgan fingerprint density at radius 3 is 3.11 bits per heavy atom. The number of nitrogens with zero attached hydrogens (tertiary/aromatic N) is 3. The first kappa shape index (κ1) is 10.9. The van der Waals surface area contributed by atoms with Crippen molar-refractivity contribution in [2.75, 3.05) is 5.32 Å². The van der Waals surface area contributed by atoms with Crippen molar-refractivity contribution < 1.29 is 9.32 Å². The van der Waals surface area contributed by atoms with Gasteiger partial charge in [0.15, 0.2) is 5.82 Å². The molecular weight excluding hydrogens is 234 g/mol. The normalized spacial score (nSPS) is 18.4. The minimum absolute atomic E-state index is 0.0445. The number of amides is 1. The fourth-order valence-electron chi connectivity index (χ4n) is 2.16. The van der Waals surface area contributed by atoms with Gasteiger partial charge in [0, 0.05) is 18.4 Å². The lowest BCUT2D eigenvalue weighted by Crippen LogP contribution is -2.28. The Balaban J connectivity index is 1.67. The predicted molar refractivity (Wildman–Crippen MR) is 61.8 cm³/mol.